The Balaban J connectivity index is 1.65. The van der Waals surface area contributed by atoms with Crippen LogP contribution in [0, 0.1) is 5.92 Å². The molecule has 3 rings (SSSR count). The third-order valence-corrected chi connectivity index (χ3v) is 7.80. The van der Waals surface area contributed by atoms with Crippen LogP contribution in [0.15, 0.2) is 12.4 Å². The van der Waals surface area contributed by atoms with Crippen molar-refractivity contribution in [3.63, 3.8) is 0 Å². The van der Waals surface area contributed by atoms with Crippen molar-refractivity contribution in [1.29, 1.82) is 0 Å². The van der Waals surface area contributed by atoms with Crippen molar-refractivity contribution in [3.05, 3.63) is 18.0 Å². The van der Waals surface area contributed by atoms with Crippen LogP contribution < -0.4 is 0 Å². The molecule has 3 heterocycles. The second-order valence-corrected chi connectivity index (χ2v) is 9.55. The summed E-state index contributed by atoms with van der Waals surface area (Å²) < 4.78 is 32.0. The fourth-order valence-electron chi connectivity index (χ4n) is 3.79. The molecule has 2 saturated heterocycles. The van der Waals surface area contributed by atoms with Crippen LogP contribution in [0.2, 0.25) is 0 Å². The number of nitrogens with zero attached hydrogens (tertiary/aromatic N) is 3. The van der Waals surface area contributed by atoms with Gasteiger partial charge in [0.05, 0.1) is 18.6 Å². The Bertz CT molecular complexity index is 647. The van der Waals surface area contributed by atoms with Gasteiger partial charge in [-0.3, -0.25) is 9.58 Å². The molecule has 1 unspecified atom stereocenters. The first-order valence-corrected chi connectivity index (χ1v) is 10.1. The van der Waals surface area contributed by atoms with Gasteiger partial charge in [0.15, 0.2) is 9.84 Å². The predicted octanol–water partition coefficient (Wildman–Crippen LogP) is 1.49. The summed E-state index contributed by atoms with van der Waals surface area (Å²) in [5, 5.41) is 4.35. The molecule has 1 atom stereocenters. The van der Waals surface area contributed by atoms with Crippen LogP contribution in [-0.2, 0) is 21.1 Å². The van der Waals surface area contributed by atoms with Gasteiger partial charge in [0.1, 0.15) is 4.75 Å². The normalized spacial score (nSPS) is 26.0. The minimum atomic E-state index is -3.01. The molecule has 1 spiro atoms. The van der Waals surface area contributed by atoms with Gasteiger partial charge in [-0.15, -0.1) is 0 Å². The summed E-state index contributed by atoms with van der Waals surface area (Å²) in [6, 6.07) is 0.345. The number of hydrogen-bond donors (Lipinski definition) is 0. The van der Waals surface area contributed by atoms with Crippen molar-refractivity contribution < 1.29 is 13.2 Å². The van der Waals surface area contributed by atoms with E-state index in [9.17, 15) is 8.42 Å². The molecule has 1 aromatic heterocycles. The minimum absolute atomic E-state index is 0.141. The maximum absolute atomic E-state index is 12.5. The lowest BCUT2D eigenvalue weighted by atomic mass is 9.83. The Morgan fingerprint density at radius 3 is 2.78 bits per heavy atom. The zero-order chi connectivity index (χ0) is 16.7. The molecule has 0 amide bonds. The van der Waals surface area contributed by atoms with Gasteiger partial charge in [0, 0.05) is 50.0 Å². The zero-order valence-electron chi connectivity index (χ0n) is 14.2. The van der Waals surface area contributed by atoms with Gasteiger partial charge >= 0.3 is 0 Å². The molecule has 0 aromatic carbocycles. The van der Waals surface area contributed by atoms with Crippen LogP contribution in [0.25, 0.3) is 0 Å². The van der Waals surface area contributed by atoms with E-state index in [1.54, 1.807) is 0 Å². The quantitative estimate of drug-likeness (QED) is 0.784. The van der Waals surface area contributed by atoms with E-state index < -0.39 is 14.6 Å². The molecule has 2 aliphatic heterocycles. The molecule has 0 aliphatic carbocycles. The van der Waals surface area contributed by atoms with E-state index in [4.69, 9.17) is 4.74 Å². The Labute approximate surface area is 138 Å². The Hall–Kier alpha value is -0.920. The van der Waals surface area contributed by atoms with Gasteiger partial charge in [-0.05, 0) is 27.2 Å². The van der Waals surface area contributed by atoms with Crippen LogP contribution >= 0.6 is 0 Å². The van der Waals surface area contributed by atoms with E-state index >= 15 is 0 Å². The third kappa shape index (κ3) is 2.94. The lowest BCUT2D eigenvalue weighted by Gasteiger charge is -2.50. The summed E-state index contributed by atoms with van der Waals surface area (Å²) in [6.07, 6.45) is 4.67. The van der Waals surface area contributed by atoms with Crippen LogP contribution in [0.3, 0.4) is 0 Å². The van der Waals surface area contributed by atoms with Crippen LogP contribution in [0.4, 0.5) is 0 Å². The van der Waals surface area contributed by atoms with Crippen LogP contribution in [0.1, 0.15) is 38.8 Å². The van der Waals surface area contributed by atoms with Gasteiger partial charge in [-0.25, -0.2) is 8.42 Å². The van der Waals surface area contributed by atoms with E-state index in [1.165, 1.54) is 0 Å². The maximum atomic E-state index is 12.5. The molecular formula is C16H27N3O3S. The van der Waals surface area contributed by atoms with E-state index in [0.717, 1.165) is 18.5 Å². The van der Waals surface area contributed by atoms with Crippen molar-refractivity contribution in [3.8, 4) is 0 Å². The van der Waals surface area contributed by atoms with Crippen molar-refractivity contribution in [1.82, 2.24) is 14.7 Å². The monoisotopic (exact) mass is 341 g/mol. The first kappa shape index (κ1) is 16.9. The molecule has 1 aromatic rings. The second kappa shape index (κ2) is 6.18. The molecule has 0 radical (unpaired) electrons. The molecule has 0 saturated carbocycles. The van der Waals surface area contributed by atoms with Crippen molar-refractivity contribution in [2.24, 2.45) is 5.92 Å². The highest BCUT2D eigenvalue weighted by Crippen LogP contribution is 2.45. The first-order valence-electron chi connectivity index (χ1n) is 8.43. The molecule has 130 valence electrons. The van der Waals surface area contributed by atoms with Gasteiger partial charge in [0.25, 0.3) is 0 Å². The third-order valence-electron chi connectivity index (χ3n) is 5.19. The van der Waals surface area contributed by atoms with Crippen molar-refractivity contribution in [2.45, 2.75) is 44.5 Å². The summed E-state index contributed by atoms with van der Waals surface area (Å²) >= 11 is 0. The summed E-state index contributed by atoms with van der Waals surface area (Å²) in [5.41, 5.74) is 1.14. The molecule has 23 heavy (non-hydrogen) atoms. The first-order chi connectivity index (χ1) is 10.9. The zero-order valence-corrected chi connectivity index (χ0v) is 15.1. The van der Waals surface area contributed by atoms with Gasteiger partial charge in [-0.1, -0.05) is 0 Å². The Morgan fingerprint density at radius 2 is 2.17 bits per heavy atom. The highest BCUT2D eigenvalue weighted by atomic mass is 32.2. The summed E-state index contributed by atoms with van der Waals surface area (Å²) in [5.74, 6) is 0.450. The predicted molar refractivity (Wildman–Crippen MR) is 89.0 cm³/mol. The van der Waals surface area contributed by atoms with Gasteiger partial charge < -0.3 is 4.74 Å². The van der Waals surface area contributed by atoms with Gasteiger partial charge in [-0.2, -0.15) is 5.10 Å². The maximum Gasteiger partial charge on any atom is 0.158 e. The molecule has 7 heteroatoms. The standard InChI is InChI=1S/C16H27N3O3S/c1-4-22-10-15-5-6-23(20,21)16(15)11-18(12-16)8-14-7-17-19(9-14)13(2)3/h7,9,13,15H,4-6,8,10-12H2,1-3H3. The summed E-state index contributed by atoms with van der Waals surface area (Å²) in [4.78, 5) is 2.21. The van der Waals surface area contributed by atoms with Crippen molar-refractivity contribution >= 4 is 9.84 Å². The number of likely N-dealkylation sites (tertiary alicyclic amines) is 1. The number of rotatable bonds is 6. The van der Waals surface area contributed by atoms with E-state index in [0.29, 0.717) is 38.1 Å². The Kier molecular flexibility index (Phi) is 4.55. The molecule has 0 N–H and O–H groups in total. The van der Waals surface area contributed by atoms with Gasteiger partial charge in [0.2, 0.25) is 0 Å². The second-order valence-electron chi connectivity index (χ2n) is 7.10. The highest BCUT2D eigenvalue weighted by Gasteiger charge is 2.61. The number of ether oxygens (including phenoxy) is 1. The molecule has 2 aliphatic rings. The molecule has 2 fully saturated rings. The molecular weight excluding hydrogens is 314 g/mol. The number of aromatic nitrogens is 2. The SMILES string of the molecule is CCOCC1CCS(=O)(=O)C12CN(Cc1cnn(C(C)C)c1)C2. The minimum Gasteiger partial charge on any atom is -0.381 e. The van der Waals surface area contributed by atoms with Crippen LogP contribution in [0.5, 0.6) is 0 Å². The highest BCUT2D eigenvalue weighted by molar-refractivity contribution is 7.93. The number of sulfone groups is 1. The summed E-state index contributed by atoms with van der Waals surface area (Å²) in [7, 11) is -3.01. The largest absolute Gasteiger partial charge is 0.381 e. The fourth-order valence-corrected chi connectivity index (χ4v) is 6.24. The average molecular weight is 341 g/mol. The van der Waals surface area contributed by atoms with E-state index in [1.807, 2.05) is 17.8 Å². The number of hydrogen-bond acceptors (Lipinski definition) is 5. The fraction of sp³-hybridized carbons (Fsp3) is 0.812. The average Bonchev–Trinajstić information content (AvgIpc) is 3.00. The van der Waals surface area contributed by atoms with E-state index in [2.05, 4.69) is 30.0 Å². The topological polar surface area (TPSA) is 64.4 Å². The van der Waals surface area contributed by atoms with Crippen molar-refractivity contribution in [2.75, 3.05) is 32.1 Å². The Morgan fingerprint density at radius 1 is 1.43 bits per heavy atom. The van der Waals surface area contributed by atoms with Crippen LogP contribution in [-0.4, -0.2) is 59.9 Å². The summed E-state index contributed by atoms with van der Waals surface area (Å²) in [6.45, 7) is 9.37. The lowest BCUT2D eigenvalue weighted by molar-refractivity contribution is 0.0292. The smallest absolute Gasteiger partial charge is 0.158 e. The molecule has 6 nitrogen and oxygen atoms in total. The lowest BCUT2D eigenvalue weighted by Crippen LogP contribution is -2.67. The molecule has 0 bridgehead atoms. The van der Waals surface area contributed by atoms with E-state index in [-0.39, 0.29) is 5.92 Å².